The second-order valence-corrected chi connectivity index (χ2v) is 2.88. The molecule has 2 aromatic carbocycles. The molecule has 1 nitrogen and oxygen atoms in total. The van der Waals surface area contributed by atoms with Gasteiger partial charge in [0.15, 0.2) is 0 Å². The van der Waals surface area contributed by atoms with Gasteiger partial charge >= 0.3 is 0 Å². The van der Waals surface area contributed by atoms with Gasteiger partial charge < -0.3 is 5.11 Å². The van der Waals surface area contributed by atoms with Crippen LogP contribution >= 0.6 is 0 Å². The van der Waals surface area contributed by atoms with E-state index in [4.69, 9.17) is 0 Å². The molecule has 0 aliphatic rings. The summed E-state index contributed by atoms with van der Waals surface area (Å²) in [7, 11) is 0. The van der Waals surface area contributed by atoms with Crippen molar-refractivity contribution in [2.75, 3.05) is 0 Å². The zero-order valence-corrected chi connectivity index (χ0v) is 10.1. The molecule has 0 saturated heterocycles. The summed E-state index contributed by atoms with van der Waals surface area (Å²) in [6.07, 6.45) is 0. The summed E-state index contributed by atoms with van der Waals surface area (Å²) in [6.45, 7) is 0. The minimum Gasteiger partial charge on any atom is -0.507 e. The van der Waals surface area contributed by atoms with Crippen molar-refractivity contribution in [3.63, 3.8) is 0 Å². The fourth-order valence-corrected chi connectivity index (χ4v) is 1.34. The Kier molecular flexibility index (Phi) is 4.21. The van der Waals surface area contributed by atoms with Crippen molar-refractivity contribution >= 4 is 29.6 Å². The zero-order chi connectivity index (χ0) is 9.10. The fourth-order valence-electron chi connectivity index (χ4n) is 1.34. The number of benzene rings is 2. The first-order valence-corrected chi connectivity index (χ1v) is 4.21. The van der Waals surface area contributed by atoms with Gasteiger partial charge in [0.2, 0.25) is 0 Å². The van der Waals surface area contributed by atoms with E-state index in [1.165, 1.54) is 0 Å². The van der Waals surface area contributed by atoms with Gasteiger partial charge in [0.05, 0.1) is 0 Å². The molecule has 0 amide bonds. The Morgan fingerprint density at radius 3 is 1.93 bits per heavy atom. The van der Waals surface area contributed by atoms with Gasteiger partial charge in [-0.1, -0.05) is 48.5 Å². The predicted octanol–water partition coefficient (Wildman–Crippen LogP) is 2.68. The maximum absolute atomic E-state index is 9.56. The Morgan fingerprint density at radius 2 is 1.29 bits per heavy atom. The molecule has 2 rings (SSSR count). The van der Waals surface area contributed by atoms with Gasteiger partial charge in [-0.05, 0) is 11.6 Å². The SMILES string of the molecule is Oc1ccccc1-c1ccccc1.[Na]. The van der Waals surface area contributed by atoms with E-state index >= 15 is 0 Å². The molecule has 2 heteroatoms. The first-order chi connectivity index (χ1) is 6.38. The predicted molar refractivity (Wildman–Crippen MR) is 59.3 cm³/mol. The Labute approximate surface area is 106 Å². The van der Waals surface area contributed by atoms with Gasteiger partial charge in [0, 0.05) is 35.1 Å². The zero-order valence-electron chi connectivity index (χ0n) is 8.14. The molecule has 1 radical (unpaired) electrons. The van der Waals surface area contributed by atoms with Crippen LogP contribution < -0.4 is 0 Å². The molecule has 65 valence electrons. The summed E-state index contributed by atoms with van der Waals surface area (Å²) in [6, 6.07) is 17.2. The van der Waals surface area contributed by atoms with Gasteiger partial charge in [0.1, 0.15) is 5.75 Å². The maximum Gasteiger partial charge on any atom is 0.123 e. The minimum atomic E-state index is 0. The van der Waals surface area contributed by atoms with E-state index in [-0.39, 0.29) is 29.6 Å². The van der Waals surface area contributed by atoms with E-state index in [2.05, 4.69) is 0 Å². The van der Waals surface area contributed by atoms with Crippen LogP contribution in [-0.4, -0.2) is 34.7 Å². The minimum absolute atomic E-state index is 0. The molecule has 0 atom stereocenters. The average Bonchev–Trinajstić information content (AvgIpc) is 2.20. The van der Waals surface area contributed by atoms with Crippen LogP contribution in [0, 0.1) is 0 Å². The summed E-state index contributed by atoms with van der Waals surface area (Å²) in [4.78, 5) is 0. The van der Waals surface area contributed by atoms with E-state index in [0.29, 0.717) is 5.75 Å². The molecule has 0 aliphatic heterocycles. The van der Waals surface area contributed by atoms with Gasteiger partial charge in [0.25, 0.3) is 0 Å². The number of hydrogen-bond acceptors (Lipinski definition) is 1. The third kappa shape index (κ3) is 2.38. The van der Waals surface area contributed by atoms with Crippen molar-refractivity contribution in [1.82, 2.24) is 0 Å². The van der Waals surface area contributed by atoms with Gasteiger partial charge in [-0.2, -0.15) is 0 Å². The number of rotatable bonds is 1. The molecular weight excluding hydrogens is 183 g/mol. The van der Waals surface area contributed by atoms with Crippen LogP contribution in [0.3, 0.4) is 0 Å². The Morgan fingerprint density at radius 1 is 0.714 bits per heavy atom. The van der Waals surface area contributed by atoms with Gasteiger partial charge in [-0.3, -0.25) is 0 Å². The van der Waals surface area contributed by atoms with Crippen LogP contribution in [0.5, 0.6) is 5.75 Å². The van der Waals surface area contributed by atoms with E-state index in [1.54, 1.807) is 6.07 Å². The Hall–Kier alpha value is -0.760. The van der Waals surface area contributed by atoms with Crippen LogP contribution in [0.1, 0.15) is 0 Å². The normalized spacial score (nSPS) is 9.14. The smallest absolute Gasteiger partial charge is 0.123 e. The van der Waals surface area contributed by atoms with Crippen molar-refractivity contribution in [1.29, 1.82) is 0 Å². The number of phenols is 1. The second kappa shape index (κ2) is 5.20. The van der Waals surface area contributed by atoms with Crippen LogP contribution in [-0.2, 0) is 0 Å². The van der Waals surface area contributed by atoms with Crippen LogP contribution in [0.25, 0.3) is 11.1 Å². The molecule has 0 spiro atoms. The number of para-hydroxylation sites is 1. The molecule has 0 unspecified atom stereocenters. The third-order valence-electron chi connectivity index (χ3n) is 1.99. The van der Waals surface area contributed by atoms with Gasteiger partial charge in [-0.15, -0.1) is 0 Å². The fraction of sp³-hybridized carbons (Fsp3) is 0. The van der Waals surface area contributed by atoms with Crippen LogP contribution in [0.15, 0.2) is 54.6 Å². The second-order valence-electron chi connectivity index (χ2n) is 2.88. The molecule has 14 heavy (non-hydrogen) atoms. The van der Waals surface area contributed by atoms with Crippen molar-refractivity contribution in [3.05, 3.63) is 54.6 Å². The van der Waals surface area contributed by atoms with Crippen molar-refractivity contribution in [3.8, 4) is 16.9 Å². The first kappa shape index (κ1) is 11.3. The standard InChI is InChI=1S/C12H10O.Na/c13-12-9-5-4-8-11(12)10-6-2-1-3-7-10;/h1-9,13H;. The molecule has 0 heterocycles. The summed E-state index contributed by atoms with van der Waals surface area (Å²) < 4.78 is 0. The van der Waals surface area contributed by atoms with Crippen molar-refractivity contribution in [2.24, 2.45) is 0 Å². The summed E-state index contributed by atoms with van der Waals surface area (Å²) in [5.41, 5.74) is 1.92. The average molecular weight is 193 g/mol. The molecule has 1 N–H and O–H groups in total. The monoisotopic (exact) mass is 193 g/mol. The molecule has 0 saturated carbocycles. The van der Waals surface area contributed by atoms with E-state index in [1.807, 2.05) is 48.5 Å². The molecule has 0 aliphatic carbocycles. The topological polar surface area (TPSA) is 20.2 Å². The van der Waals surface area contributed by atoms with E-state index in [9.17, 15) is 5.11 Å². The molecule has 0 aromatic heterocycles. The molecule has 0 fully saturated rings. The summed E-state index contributed by atoms with van der Waals surface area (Å²) >= 11 is 0. The van der Waals surface area contributed by atoms with Crippen LogP contribution in [0.4, 0.5) is 0 Å². The largest absolute Gasteiger partial charge is 0.507 e. The van der Waals surface area contributed by atoms with E-state index < -0.39 is 0 Å². The Balaban J connectivity index is 0.000000980. The maximum atomic E-state index is 9.56. The van der Waals surface area contributed by atoms with Crippen LogP contribution in [0.2, 0.25) is 0 Å². The molecule has 2 aromatic rings. The Bertz CT molecular complexity index is 398. The summed E-state index contributed by atoms with van der Waals surface area (Å²) in [5.74, 6) is 0.328. The number of phenolic OH excluding ortho intramolecular Hbond substituents is 1. The molecule has 0 bridgehead atoms. The van der Waals surface area contributed by atoms with Crippen molar-refractivity contribution in [2.45, 2.75) is 0 Å². The molecular formula is C12H10NaO. The van der Waals surface area contributed by atoms with Crippen molar-refractivity contribution < 1.29 is 5.11 Å². The third-order valence-corrected chi connectivity index (χ3v) is 1.99. The van der Waals surface area contributed by atoms with Gasteiger partial charge in [-0.25, -0.2) is 0 Å². The van der Waals surface area contributed by atoms with E-state index in [0.717, 1.165) is 11.1 Å². The first-order valence-electron chi connectivity index (χ1n) is 4.21. The quantitative estimate of drug-likeness (QED) is 0.690. The number of aromatic hydroxyl groups is 1. The number of hydrogen-bond donors (Lipinski definition) is 1. The summed E-state index contributed by atoms with van der Waals surface area (Å²) in [5, 5.41) is 9.56.